The Balaban J connectivity index is 2.67. The van der Waals surface area contributed by atoms with Crippen molar-refractivity contribution >= 4 is 13.3 Å². The van der Waals surface area contributed by atoms with E-state index >= 15 is 0 Å². The molecule has 0 spiro atoms. The highest BCUT2D eigenvalue weighted by atomic mass is 31.2. The summed E-state index contributed by atoms with van der Waals surface area (Å²) in [5.41, 5.74) is 0.501. The maximum Gasteiger partial charge on any atom is 0.353 e. The molecule has 7 nitrogen and oxygen atoms in total. The van der Waals surface area contributed by atoms with Crippen LogP contribution in [-0.2, 0) is 13.6 Å². The first-order chi connectivity index (χ1) is 10.4. The van der Waals surface area contributed by atoms with Crippen molar-refractivity contribution in [2.24, 2.45) is 0 Å². The zero-order valence-corrected chi connectivity index (χ0v) is 13.4. The van der Waals surface area contributed by atoms with Crippen molar-refractivity contribution in [2.45, 2.75) is 26.4 Å². The third-order valence-corrected chi connectivity index (χ3v) is 4.57. The van der Waals surface area contributed by atoms with Gasteiger partial charge in [0.05, 0.1) is 24.2 Å². The smallest absolute Gasteiger partial charge is 0.353 e. The molecular formula is C14H20NO6P. The van der Waals surface area contributed by atoms with E-state index in [1.54, 1.807) is 13.8 Å². The highest BCUT2D eigenvalue weighted by Crippen LogP contribution is 2.49. The van der Waals surface area contributed by atoms with Crippen LogP contribution in [-0.4, -0.2) is 23.2 Å². The summed E-state index contributed by atoms with van der Waals surface area (Å²) in [5.74, 6) is 1.33. The number of aliphatic hydroxyl groups excluding tert-OH is 1. The molecular weight excluding hydrogens is 309 g/mol. The minimum absolute atomic E-state index is 0.0383. The quantitative estimate of drug-likeness (QED) is 0.420. The average Bonchev–Trinajstić information content (AvgIpc) is 2.47. The van der Waals surface area contributed by atoms with E-state index in [0.717, 1.165) is 0 Å². The molecule has 0 amide bonds. The average molecular weight is 329 g/mol. The summed E-state index contributed by atoms with van der Waals surface area (Å²) >= 11 is 0. The van der Waals surface area contributed by atoms with Gasteiger partial charge in [-0.1, -0.05) is 6.08 Å². The largest absolute Gasteiger partial charge is 0.388 e. The summed E-state index contributed by atoms with van der Waals surface area (Å²) in [6.07, 6.45) is 0.869. The molecule has 22 heavy (non-hydrogen) atoms. The van der Waals surface area contributed by atoms with Crippen molar-refractivity contribution in [3.63, 3.8) is 0 Å². The molecule has 1 aromatic carbocycles. The number of benzene rings is 1. The van der Waals surface area contributed by atoms with E-state index in [1.807, 2.05) is 0 Å². The van der Waals surface area contributed by atoms with Gasteiger partial charge in [0.1, 0.15) is 0 Å². The van der Waals surface area contributed by atoms with Gasteiger partial charge in [-0.25, -0.2) is 0 Å². The van der Waals surface area contributed by atoms with Gasteiger partial charge < -0.3 is 14.2 Å². The molecule has 0 aromatic heterocycles. The van der Waals surface area contributed by atoms with Crippen molar-refractivity contribution in [3.05, 3.63) is 51.8 Å². The number of nitro benzene ring substituents is 1. The molecule has 1 atom stereocenters. The molecule has 1 aromatic rings. The highest BCUT2D eigenvalue weighted by molar-refractivity contribution is 7.57. The number of non-ortho nitro benzene ring substituents is 1. The Morgan fingerprint density at radius 3 is 2.27 bits per heavy atom. The summed E-state index contributed by atoms with van der Waals surface area (Å²) in [4.78, 5) is 10.1. The van der Waals surface area contributed by atoms with Crippen LogP contribution in [0.4, 0.5) is 5.69 Å². The zero-order chi connectivity index (χ0) is 16.6. The van der Waals surface area contributed by atoms with Crippen LogP contribution in [0.3, 0.4) is 0 Å². The van der Waals surface area contributed by atoms with Crippen LogP contribution in [0.2, 0.25) is 0 Å². The third-order valence-electron chi connectivity index (χ3n) is 2.75. The van der Waals surface area contributed by atoms with Crippen molar-refractivity contribution in [1.29, 1.82) is 0 Å². The molecule has 122 valence electrons. The van der Waals surface area contributed by atoms with Crippen LogP contribution in [0.25, 0.3) is 0 Å². The number of nitrogens with zero attached hydrogens (tertiary/aromatic N) is 1. The SMILES string of the molecule is CCOP(=O)(/C=C/CC(O)c1ccc([N+](=O)[O-])cc1)OCC. The number of hydrogen-bond donors (Lipinski definition) is 1. The van der Waals surface area contributed by atoms with Gasteiger partial charge in [0.25, 0.3) is 5.69 Å². The van der Waals surface area contributed by atoms with Crippen LogP contribution >= 0.6 is 7.60 Å². The fraction of sp³-hybridized carbons (Fsp3) is 0.429. The molecule has 0 saturated heterocycles. The van der Waals surface area contributed by atoms with Gasteiger partial charge in [-0.05, 0) is 38.0 Å². The maximum absolute atomic E-state index is 12.2. The Kier molecular flexibility index (Phi) is 7.41. The number of rotatable bonds is 9. The first kappa shape index (κ1) is 18.5. The topological polar surface area (TPSA) is 98.9 Å². The molecule has 0 aliphatic carbocycles. The Labute approximate surface area is 129 Å². The number of nitro groups is 1. The fourth-order valence-electron chi connectivity index (χ4n) is 1.76. The summed E-state index contributed by atoms with van der Waals surface area (Å²) < 4.78 is 22.3. The predicted octanol–water partition coefficient (Wildman–Crippen LogP) is 3.80. The van der Waals surface area contributed by atoms with Crippen LogP contribution in [0.15, 0.2) is 36.2 Å². The molecule has 0 fully saturated rings. The molecule has 0 aliphatic rings. The summed E-state index contributed by atoms with van der Waals surface area (Å²) in [6, 6.07) is 5.63. The Morgan fingerprint density at radius 2 is 1.82 bits per heavy atom. The lowest BCUT2D eigenvalue weighted by Crippen LogP contribution is -1.97. The van der Waals surface area contributed by atoms with E-state index < -0.39 is 18.6 Å². The van der Waals surface area contributed by atoms with Gasteiger partial charge in [0.2, 0.25) is 0 Å². The summed E-state index contributed by atoms with van der Waals surface area (Å²) in [7, 11) is -3.27. The molecule has 0 radical (unpaired) electrons. The van der Waals surface area contributed by atoms with Crippen LogP contribution in [0.5, 0.6) is 0 Å². The van der Waals surface area contributed by atoms with E-state index in [4.69, 9.17) is 9.05 Å². The first-order valence-corrected chi connectivity index (χ1v) is 8.52. The van der Waals surface area contributed by atoms with Gasteiger partial charge in [-0.2, -0.15) is 0 Å². The van der Waals surface area contributed by atoms with Gasteiger partial charge in [-0.15, -0.1) is 0 Å². The lowest BCUT2D eigenvalue weighted by Gasteiger charge is -2.13. The van der Waals surface area contributed by atoms with Crippen molar-refractivity contribution in [3.8, 4) is 0 Å². The van der Waals surface area contributed by atoms with Crippen molar-refractivity contribution in [1.82, 2.24) is 0 Å². The zero-order valence-electron chi connectivity index (χ0n) is 12.5. The number of hydrogen-bond acceptors (Lipinski definition) is 6. The molecule has 1 unspecified atom stereocenters. The van der Waals surface area contributed by atoms with E-state index in [-0.39, 0.29) is 25.3 Å². The second-order valence-electron chi connectivity index (χ2n) is 4.36. The molecule has 0 aliphatic heterocycles. The molecule has 1 rings (SSSR count). The van der Waals surface area contributed by atoms with Crippen LogP contribution in [0.1, 0.15) is 31.9 Å². The van der Waals surface area contributed by atoms with E-state index in [2.05, 4.69) is 0 Å². The number of aliphatic hydroxyl groups is 1. The monoisotopic (exact) mass is 329 g/mol. The summed E-state index contributed by atoms with van der Waals surface area (Å²) in [6.45, 7) is 3.94. The lowest BCUT2D eigenvalue weighted by atomic mass is 10.1. The predicted molar refractivity (Wildman–Crippen MR) is 82.7 cm³/mol. The Bertz CT molecular complexity index is 547. The maximum atomic E-state index is 12.2. The van der Waals surface area contributed by atoms with Crippen LogP contribution < -0.4 is 0 Å². The normalized spacial score (nSPS) is 13.4. The molecule has 8 heteroatoms. The highest BCUT2D eigenvalue weighted by Gasteiger charge is 2.19. The molecule has 0 saturated carbocycles. The van der Waals surface area contributed by atoms with Crippen LogP contribution in [0, 0.1) is 10.1 Å². The first-order valence-electron chi connectivity index (χ1n) is 6.90. The van der Waals surface area contributed by atoms with Gasteiger partial charge in [0.15, 0.2) is 0 Å². The minimum atomic E-state index is -3.27. The lowest BCUT2D eigenvalue weighted by molar-refractivity contribution is -0.384. The minimum Gasteiger partial charge on any atom is -0.388 e. The van der Waals surface area contributed by atoms with Crippen molar-refractivity contribution < 1.29 is 23.6 Å². The molecule has 0 bridgehead atoms. The second-order valence-corrected chi connectivity index (χ2v) is 6.25. The second kappa shape index (κ2) is 8.80. The standard InChI is InChI=1S/C14H20NO6P/c1-3-20-22(19,21-4-2)11-5-6-14(16)12-7-9-13(10-8-12)15(17)18/h5,7-11,14,16H,3-4,6H2,1-2H3/b11-5+. The van der Waals surface area contributed by atoms with Gasteiger partial charge >= 0.3 is 7.60 Å². The Hall–Kier alpha value is -1.53. The third kappa shape index (κ3) is 5.69. The fourth-order valence-corrected chi connectivity index (χ4v) is 3.10. The molecule has 0 heterocycles. The van der Waals surface area contributed by atoms with E-state index in [9.17, 15) is 19.8 Å². The summed E-state index contributed by atoms with van der Waals surface area (Å²) in [5, 5.41) is 20.6. The van der Waals surface area contributed by atoms with Gasteiger partial charge in [0, 0.05) is 17.9 Å². The van der Waals surface area contributed by atoms with Crippen molar-refractivity contribution in [2.75, 3.05) is 13.2 Å². The van der Waals surface area contributed by atoms with E-state index in [0.29, 0.717) is 5.56 Å². The Morgan fingerprint density at radius 1 is 1.27 bits per heavy atom. The molecule has 1 N–H and O–H groups in total. The van der Waals surface area contributed by atoms with Gasteiger partial charge in [-0.3, -0.25) is 14.7 Å². The van der Waals surface area contributed by atoms with E-state index in [1.165, 1.54) is 36.2 Å².